The summed E-state index contributed by atoms with van der Waals surface area (Å²) in [6.07, 6.45) is 1.50. The molecule has 0 radical (unpaired) electrons. The number of methoxy groups -OCH3 is 1. The zero-order chi connectivity index (χ0) is 13.5. The van der Waals surface area contributed by atoms with E-state index in [1.165, 1.54) is 6.20 Å². The third-order valence-corrected chi connectivity index (χ3v) is 2.78. The molecule has 1 rings (SSSR count). The Hall–Kier alpha value is -1.46. The van der Waals surface area contributed by atoms with Crippen LogP contribution in [0, 0.1) is 0 Å². The second-order valence-corrected chi connectivity index (χ2v) is 4.37. The predicted molar refractivity (Wildman–Crippen MR) is 68.6 cm³/mol. The summed E-state index contributed by atoms with van der Waals surface area (Å²) in [6, 6.07) is 3.89. The van der Waals surface area contributed by atoms with Gasteiger partial charge in [-0.05, 0) is 25.5 Å². The number of pyridine rings is 1. The highest BCUT2D eigenvalue weighted by Gasteiger charge is 2.16. The molecule has 0 atom stereocenters. The van der Waals surface area contributed by atoms with Gasteiger partial charge in [0.25, 0.3) is 0 Å². The van der Waals surface area contributed by atoms with E-state index in [2.05, 4.69) is 23.7 Å². The van der Waals surface area contributed by atoms with Crippen molar-refractivity contribution in [3.63, 3.8) is 0 Å². The van der Waals surface area contributed by atoms with E-state index in [0.717, 1.165) is 12.1 Å². The normalized spacial score (nSPS) is 11.2. The van der Waals surface area contributed by atoms with E-state index in [0.29, 0.717) is 19.2 Å². The van der Waals surface area contributed by atoms with Gasteiger partial charge in [0.2, 0.25) is 0 Å². The summed E-state index contributed by atoms with van der Waals surface area (Å²) >= 11 is 0. The minimum absolute atomic E-state index is 0.126. The van der Waals surface area contributed by atoms with Crippen molar-refractivity contribution in [2.24, 2.45) is 0 Å². The van der Waals surface area contributed by atoms with E-state index in [1.807, 2.05) is 0 Å². The van der Waals surface area contributed by atoms with E-state index >= 15 is 0 Å². The fraction of sp³-hybridized carbons (Fsp3) is 0.538. The maximum Gasteiger partial charge on any atom is 0.354 e. The highest BCUT2D eigenvalue weighted by Crippen LogP contribution is 2.11. The summed E-state index contributed by atoms with van der Waals surface area (Å²) in [5.41, 5.74) is 0.857. The van der Waals surface area contributed by atoms with Crippen LogP contribution in [0.25, 0.3) is 0 Å². The minimum Gasteiger partial charge on any atom is -0.477 e. The smallest absolute Gasteiger partial charge is 0.354 e. The first-order valence-corrected chi connectivity index (χ1v) is 5.96. The zero-order valence-corrected chi connectivity index (χ0v) is 11.1. The highest BCUT2D eigenvalue weighted by molar-refractivity contribution is 5.86. The zero-order valence-electron chi connectivity index (χ0n) is 11.1. The summed E-state index contributed by atoms with van der Waals surface area (Å²) in [7, 11) is 1.66. The first kappa shape index (κ1) is 14.6. The topological polar surface area (TPSA) is 62.7 Å². The average Bonchev–Trinajstić information content (AvgIpc) is 2.34. The molecule has 0 spiro atoms. The van der Waals surface area contributed by atoms with Gasteiger partial charge in [-0.25, -0.2) is 9.78 Å². The average molecular weight is 252 g/mol. The molecule has 0 bridgehead atoms. The van der Waals surface area contributed by atoms with Gasteiger partial charge in [-0.2, -0.15) is 0 Å². The van der Waals surface area contributed by atoms with Gasteiger partial charge >= 0.3 is 5.97 Å². The molecule has 1 aromatic heterocycles. The molecule has 0 unspecified atom stereocenters. The predicted octanol–water partition coefficient (Wildman–Crippen LogP) is 1.64. The maximum absolute atomic E-state index is 11.1. The van der Waals surface area contributed by atoms with Crippen molar-refractivity contribution in [3.05, 3.63) is 29.6 Å². The Kier molecular flexibility index (Phi) is 5.74. The van der Waals surface area contributed by atoms with E-state index < -0.39 is 5.97 Å². The van der Waals surface area contributed by atoms with Crippen molar-refractivity contribution in [3.8, 4) is 0 Å². The molecular formula is C13H20N2O3. The number of carboxylic acids is 1. The van der Waals surface area contributed by atoms with Gasteiger partial charge in [0, 0.05) is 32.4 Å². The number of carboxylic acid groups (broad SMARTS) is 1. The number of hydrogen-bond donors (Lipinski definition) is 1. The lowest BCUT2D eigenvalue weighted by molar-refractivity contribution is 0.0686. The van der Waals surface area contributed by atoms with Crippen LogP contribution in [0.3, 0.4) is 0 Å². The summed E-state index contributed by atoms with van der Waals surface area (Å²) in [5.74, 6) is -0.985. The molecule has 0 aliphatic heterocycles. The number of rotatable bonds is 7. The first-order chi connectivity index (χ1) is 8.56. The largest absolute Gasteiger partial charge is 0.477 e. The number of ether oxygens (including phenoxy) is 1. The van der Waals surface area contributed by atoms with Crippen LogP contribution in [0.1, 0.15) is 29.9 Å². The number of aromatic carboxylic acids is 1. The summed E-state index contributed by atoms with van der Waals surface area (Å²) in [6.45, 7) is 6.11. The van der Waals surface area contributed by atoms with Gasteiger partial charge < -0.3 is 9.84 Å². The van der Waals surface area contributed by atoms with Gasteiger partial charge in [0.05, 0.1) is 6.61 Å². The lowest BCUT2D eigenvalue weighted by atomic mass is 10.1. The molecule has 100 valence electrons. The number of carbonyl (C=O) groups is 1. The fourth-order valence-electron chi connectivity index (χ4n) is 1.71. The van der Waals surface area contributed by atoms with Gasteiger partial charge in [0.15, 0.2) is 5.69 Å². The second kappa shape index (κ2) is 7.08. The number of hydrogen-bond acceptors (Lipinski definition) is 4. The Balaban J connectivity index is 2.83. The molecule has 1 aromatic rings. The SMILES string of the molecule is COCCN(Cc1cccnc1C(=O)O)C(C)C. The lowest BCUT2D eigenvalue weighted by Gasteiger charge is -2.26. The molecule has 1 N–H and O–H groups in total. The number of nitrogens with zero attached hydrogens (tertiary/aromatic N) is 2. The van der Waals surface area contributed by atoms with Crippen molar-refractivity contribution in [2.45, 2.75) is 26.4 Å². The molecular weight excluding hydrogens is 232 g/mol. The lowest BCUT2D eigenvalue weighted by Crippen LogP contribution is -2.34. The summed E-state index contributed by atoms with van der Waals surface area (Å²) in [4.78, 5) is 17.2. The fourth-order valence-corrected chi connectivity index (χ4v) is 1.71. The molecule has 0 saturated carbocycles. The van der Waals surface area contributed by atoms with Crippen LogP contribution in [0.5, 0.6) is 0 Å². The van der Waals surface area contributed by atoms with Crippen LogP contribution >= 0.6 is 0 Å². The van der Waals surface area contributed by atoms with Crippen molar-refractivity contribution >= 4 is 5.97 Å². The Morgan fingerprint density at radius 1 is 1.56 bits per heavy atom. The Morgan fingerprint density at radius 3 is 2.83 bits per heavy atom. The standard InChI is InChI=1S/C13H20N2O3/c1-10(2)15(7-8-18-3)9-11-5-4-6-14-12(11)13(16)17/h4-6,10H,7-9H2,1-3H3,(H,16,17). The molecule has 0 aromatic carbocycles. The molecule has 0 fully saturated rings. The summed E-state index contributed by atoms with van der Waals surface area (Å²) in [5, 5.41) is 9.09. The van der Waals surface area contributed by atoms with Gasteiger partial charge in [0.1, 0.15) is 0 Å². The molecule has 18 heavy (non-hydrogen) atoms. The van der Waals surface area contributed by atoms with Crippen molar-refractivity contribution < 1.29 is 14.6 Å². The number of aromatic nitrogens is 1. The van der Waals surface area contributed by atoms with Crippen molar-refractivity contribution in [1.82, 2.24) is 9.88 Å². The Morgan fingerprint density at radius 2 is 2.28 bits per heavy atom. The van der Waals surface area contributed by atoms with E-state index in [4.69, 9.17) is 9.84 Å². The van der Waals surface area contributed by atoms with Crippen molar-refractivity contribution in [2.75, 3.05) is 20.3 Å². The van der Waals surface area contributed by atoms with Crippen LogP contribution < -0.4 is 0 Å². The van der Waals surface area contributed by atoms with Gasteiger partial charge in [-0.1, -0.05) is 6.07 Å². The van der Waals surface area contributed by atoms with E-state index in [-0.39, 0.29) is 5.69 Å². The summed E-state index contributed by atoms with van der Waals surface area (Å²) < 4.78 is 5.06. The molecule has 0 amide bonds. The molecule has 0 aliphatic carbocycles. The van der Waals surface area contributed by atoms with E-state index in [1.54, 1.807) is 19.2 Å². The molecule has 0 aliphatic rings. The molecule has 5 heteroatoms. The van der Waals surface area contributed by atoms with Crippen LogP contribution in [-0.2, 0) is 11.3 Å². The van der Waals surface area contributed by atoms with Crippen LogP contribution in [0.15, 0.2) is 18.3 Å². The first-order valence-electron chi connectivity index (χ1n) is 5.96. The quantitative estimate of drug-likeness (QED) is 0.799. The molecule has 5 nitrogen and oxygen atoms in total. The maximum atomic E-state index is 11.1. The monoisotopic (exact) mass is 252 g/mol. The van der Waals surface area contributed by atoms with E-state index in [9.17, 15) is 4.79 Å². The van der Waals surface area contributed by atoms with Crippen LogP contribution in [0.2, 0.25) is 0 Å². The third kappa shape index (κ3) is 4.09. The minimum atomic E-state index is -0.985. The van der Waals surface area contributed by atoms with Gasteiger partial charge in [-0.3, -0.25) is 4.90 Å². The molecule has 0 saturated heterocycles. The van der Waals surface area contributed by atoms with Crippen LogP contribution in [0.4, 0.5) is 0 Å². The molecule has 1 heterocycles. The highest BCUT2D eigenvalue weighted by atomic mass is 16.5. The van der Waals surface area contributed by atoms with Crippen LogP contribution in [-0.4, -0.2) is 47.3 Å². The van der Waals surface area contributed by atoms with Gasteiger partial charge in [-0.15, -0.1) is 0 Å². The Bertz CT molecular complexity index is 394. The Labute approximate surface area is 107 Å². The second-order valence-electron chi connectivity index (χ2n) is 4.37. The third-order valence-electron chi connectivity index (χ3n) is 2.78. The van der Waals surface area contributed by atoms with Crippen molar-refractivity contribution in [1.29, 1.82) is 0 Å².